The van der Waals surface area contributed by atoms with Crippen molar-refractivity contribution in [2.45, 2.75) is 6.92 Å². The van der Waals surface area contributed by atoms with Crippen molar-refractivity contribution in [2.75, 3.05) is 0 Å². The lowest BCUT2D eigenvalue weighted by Gasteiger charge is -1.98. The summed E-state index contributed by atoms with van der Waals surface area (Å²) < 4.78 is 0. The van der Waals surface area contributed by atoms with Crippen LogP contribution in [-0.2, 0) is 0 Å². The Morgan fingerprint density at radius 1 is 1.40 bits per heavy atom. The highest BCUT2D eigenvalue weighted by molar-refractivity contribution is 5.83. The van der Waals surface area contributed by atoms with Gasteiger partial charge in [-0.2, -0.15) is 5.10 Å². The van der Waals surface area contributed by atoms with Gasteiger partial charge in [-0.05, 0) is 12.5 Å². The third kappa shape index (κ3) is 1.71. The number of aromatic nitrogens is 3. The van der Waals surface area contributed by atoms with Gasteiger partial charge < -0.3 is 5.11 Å². The topological polar surface area (TPSA) is 78.9 Å². The fourth-order valence-corrected chi connectivity index (χ4v) is 1.30. The van der Waals surface area contributed by atoms with Crippen molar-refractivity contribution in [1.82, 2.24) is 15.2 Å². The van der Waals surface area contributed by atoms with Crippen molar-refractivity contribution < 1.29 is 9.90 Å². The predicted molar refractivity (Wildman–Crippen MR) is 53.5 cm³/mol. The van der Waals surface area contributed by atoms with Gasteiger partial charge >= 0.3 is 5.97 Å². The van der Waals surface area contributed by atoms with E-state index in [9.17, 15) is 4.79 Å². The van der Waals surface area contributed by atoms with E-state index in [2.05, 4.69) is 15.2 Å². The van der Waals surface area contributed by atoms with E-state index >= 15 is 0 Å². The molecule has 0 aliphatic carbocycles. The molecule has 0 amide bonds. The van der Waals surface area contributed by atoms with Crippen LogP contribution in [0.1, 0.15) is 16.2 Å². The Kier molecular flexibility index (Phi) is 2.21. The molecule has 0 fully saturated rings. The van der Waals surface area contributed by atoms with Crippen LogP contribution in [0, 0.1) is 6.92 Å². The Morgan fingerprint density at radius 2 is 2.13 bits per heavy atom. The SMILES string of the molecule is Cc1ccccc1-c1n[nH]c(C(=O)O)n1. The number of carbonyl (C=O) groups is 1. The van der Waals surface area contributed by atoms with Crippen LogP contribution in [0.5, 0.6) is 0 Å². The molecule has 76 valence electrons. The molecule has 2 aromatic rings. The molecule has 2 rings (SSSR count). The van der Waals surface area contributed by atoms with Crippen molar-refractivity contribution in [3.63, 3.8) is 0 Å². The zero-order chi connectivity index (χ0) is 10.8. The molecule has 0 aliphatic rings. The summed E-state index contributed by atoms with van der Waals surface area (Å²) >= 11 is 0. The lowest BCUT2D eigenvalue weighted by molar-refractivity contribution is 0.0684. The molecule has 0 aliphatic heterocycles. The second-order valence-electron chi connectivity index (χ2n) is 3.13. The van der Waals surface area contributed by atoms with Gasteiger partial charge in [0.15, 0.2) is 5.82 Å². The summed E-state index contributed by atoms with van der Waals surface area (Å²) in [6, 6.07) is 7.54. The molecule has 0 radical (unpaired) electrons. The average Bonchev–Trinajstić information content (AvgIpc) is 2.67. The first-order valence-corrected chi connectivity index (χ1v) is 4.40. The second kappa shape index (κ2) is 3.53. The largest absolute Gasteiger partial charge is 0.475 e. The molecular formula is C10H9N3O2. The molecule has 0 spiro atoms. The van der Waals surface area contributed by atoms with Crippen molar-refractivity contribution in [2.24, 2.45) is 0 Å². The van der Waals surface area contributed by atoms with Crippen LogP contribution in [0.2, 0.25) is 0 Å². The molecule has 5 heteroatoms. The van der Waals surface area contributed by atoms with Crippen molar-refractivity contribution in [1.29, 1.82) is 0 Å². The molecule has 0 unspecified atom stereocenters. The Labute approximate surface area is 85.8 Å². The Balaban J connectivity index is 2.46. The monoisotopic (exact) mass is 203 g/mol. The number of carboxylic acid groups (broad SMARTS) is 1. The van der Waals surface area contributed by atoms with Gasteiger partial charge in [-0.15, -0.1) is 0 Å². The summed E-state index contributed by atoms with van der Waals surface area (Å²) in [7, 11) is 0. The second-order valence-corrected chi connectivity index (χ2v) is 3.13. The molecule has 15 heavy (non-hydrogen) atoms. The first kappa shape index (κ1) is 9.39. The number of nitrogens with one attached hydrogen (secondary N) is 1. The van der Waals surface area contributed by atoms with E-state index in [1.54, 1.807) is 0 Å². The lowest BCUT2D eigenvalue weighted by atomic mass is 10.1. The summed E-state index contributed by atoms with van der Waals surface area (Å²) in [4.78, 5) is 14.5. The van der Waals surface area contributed by atoms with Crippen molar-refractivity contribution in [3.8, 4) is 11.4 Å². The van der Waals surface area contributed by atoms with Crippen LogP contribution in [0.4, 0.5) is 0 Å². The Hall–Kier alpha value is -2.17. The van der Waals surface area contributed by atoms with E-state index in [1.165, 1.54) is 0 Å². The summed E-state index contributed by atoms with van der Waals surface area (Å²) in [5.74, 6) is -0.846. The first-order chi connectivity index (χ1) is 7.18. The fraction of sp³-hybridized carbons (Fsp3) is 0.100. The number of nitrogens with zero attached hydrogens (tertiary/aromatic N) is 2. The number of hydrogen-bond donors (Lipinski definition) is 2. The van der Waals surface area contributed by atoms with E-state index in [0.717, 1.165) is 11.1 Å². The van der Waals surface area contributed by atoms with Crippen LogP contribution >= 0.6 is 0 Å². The summed E-state index contributed by atoms with van der Waals surface area (Å²) in [5.41, 5.74) is 1.84. The smallest absolute Gasteiger partial charge is 0.373 e. The van der Waals surface area contributed by atoms with Crippen molar-refractivity contribution in [3.05, 3.63) is 35.7 Å². The maximum atomic E-state index is 10.6. The molecule has 1 heterocycles. The van der Waals surface area contributed by atoms with Gasteiger partial charge in [0.25, 0.3) is 0 Å². The van der Waals surface area contributed by atoms with E-state index in [1.807, 2.05) is 31.2 Å². The zero-order valence-electron chi connectivity index (χ0n) is 8.06. The predicted octanol–water partition coefficient (Wildman–Crippen LogP) is 1.48. The summed E-state index contributed by atoms with van der Waals surface area (Å²) in [6.45, 7) is 1.92. The lowest BCUT2D eigenvalue weighted by Crippen LogP contribution is -1.98. The van der Waals surface area contributed by atoms with Crippen LogP contribution < -0.4 is 0 Å². The summed E-state index contributed by atoms with van der Waals surface area (Å²) in [5, 5.41) is 14.9. The number of hydrogen-bond acceptors (Lipinski definition) is 3. The van der Waals surface area contributed by atoms with Gasteiger partial charge in [-0.25, -0.2) is 9.78 Å². The number of aromatic carboxylic acids is 1. The standard InChI is InChI=1S/C10H9N3O2/c1-6-4-2-3-5-7(6)8-11-9(10(14)15)13-12-8/h2-5H,1H3,(H,14,15)(H,11,12,13). The van der Waals surface area contributed by atoms with Crippen LogP contribution in [0.25, 0.3) is 11.4 Å². The van der Waals surface area contributed by atoms with Crippen LogP contribution in [-0.4, -0.2) is 26.3 Å². The number of H-pyrrole nitrogens is 1. The zero-order valence-corrected chi connectivity index (χ0v) is 8.06. The maximum absolute atomic E-state index is 10.6. The minimum Gasteiger partial charge on any atom is -0.475 e. The maximum Gasteiger partial charge on any atom is 0.373 e. The number of benzene rings is 1. The van der Waals surface area contributed by atoms with Gasteiger partial charge in [0.1, 0.15) is 0 Å². The van der Waals surface area contributed by atoms with Crippen LogP contribution in [0.15, 0.2) is 24.3 Å². The third-order valence-electron chi connectivity index (χ3n) is 2.07. The van der Waals surface area contributed by atoms with E-state index in [4.69, 9.17) is 5.11 Å². The van der Waals surface area contributed by atoms with Crippen molar-refractivity contribution >= 4 is 5.97 Å². The fourth-order valence-electron chi connectivity index (χ4n) is 1.30. The normalized spacial score (nSPS) is 10.2. The van der Waals surface area contributed by atoms with E-state index in [0.29, 0.717) is 5.82 Å². The van der Waals surface area contributed by atoms with Gasteiger partial charge in [-0.1, -0.05) is 24.3 Å². The van der Waals surface area contributed by atoms with E-state index < -0.39 is 5.97 Å². The number of aromatic amines is 1. The average molecular weight is 203 g/mol. The molecule has 2 N–H and O–H groups in total. The van der Waals surface area contributed by atoms with Gasteiger partial charge in [0, 0.05) is 5.56 Å². The number of aryl methyl sites for hydroxylation is 1. The quantitative estimate of drug-likeness (QED) is 0.774. The van der Waals surface area contributed by atoms with Gasteiger partial charge in [0.2, 0.25) is 5.82 Å². The minimum atomic E-state index is -1.11. The molecule has 0 atom stereocenters. The number of carboxylic acids is 1. The summed E-state index contributed by atoms with van der Waals surface area (Å²) in [6.07, 6.45) is 0. The third-order valence-corrected chi connectivity index (χ3v) is 2.07. The molecule has 0 saturated carbocycles. The highest BCUT2D eigenvalue weighted by Gasteiger charge is 2.11. The highest BCUT2D eigenvalue weighted by atomic mass is 16.4. The molecule has 1 aromatic carbocycles. The molecule has 0 saturated heterocycles. The first-order valence-electron chi connectivity index (χ1n) is 4.40. The van der Waals surface area contributed by atoms with Crippen LogP contribution in [0.3, 0.4) is 0 Å². The van der Waals surface area contributed by atoms with Gasteiger partial charge in [-0.3, -0.25) is 5.10 Å². The molecule has 1 aromatic heterocycles. The number of rotatable bonds is 2. The molecule has 5 nitrogen and oxygen atoms in total. The molecular weight excluding hydrogens is 194 g/mol. The van der Waals surface area contributed by atoms with E-state index in [-0.39, 0.29) is 5.82 Å². The highest BCUT2D eigenvalue weighted by Crippen LogP contribution is 2.18. The molecule has 0 bridgehead atoms. The van der Waals surface area contributed by atoms with Gasteiger partial charge in [0.05, 0.1) is 0 Å². The Morgan fingerprint density at radius 3 is 2.73 bits per heavy atom. The Bertz CT molecular complexity index is 505. The minimum absolute atomic E-state index is 0.145.